The Morgan fingerprint density at radius 3 is 1.90 bits per heavy atom. The topological polar surface area (TPSA) is 94.8 Å². The summed E-state index contributed by atoms with van der Waals surface area (Å²) in [6, 6.07) is 0. The highest BCUT2D eigenvalue weighted by Gasteiger charge is 2.19. The monoisotopic (exact) mass is 170 g/mol. The lowest BCUT2D eigenvalue weighted by molar-refractivity contribution is -0.0450. The second-order valence-corrected chi connectivity index (χ2v) is 3.88. The van der Waals surface area contributed by atoms with Crippen LogP contribution in [-0.2, 0) is 10.1 Å². The van der Waals surface area contributed by atoms with Gasteiger partial charge in [0, 0.05) is 6.42 Å². The van der Waals surface area contributed by atoms with E-state index in [1.807, 2.05) is 0 Å². The summed E-state index contributed by atoms with van der Waals surface area (Å²) in [5.74, 6) is 0. The summed E-state index contributed by atoms with van der Waals surface area (Å²) in [4.78, 5) is 0. The summed E-state index contributed by atoms with van der Waals surface area (Å²) in [6.45, 7) is 1.19. The minimum absolute atomic E-state index is 0.376. The van der Waals surface area contributed by atoms with Gasteiger partial charge in [0.2, 0.25) is 0 Å². The molecule has 0 heterocycles. The first kappa shape index (κ1) is 9.83. The minimum Gasteiger partial charge on any atom is -0.368 e. The molecule has 3 N–H and O–H groups in total. The zero-order valence-corrected chi connectivity index (χ0v) is 6.24. The molecule has 0 aliphatic carbocycles. The van der Waals surface area contributed by atoms with Crippen LogP contribution >= 0.6 is 0 Å². The van der Waals surface area contributed by atoms with E-state index in [2.05, 4.69) is 0 Å². The molecule has 10 heavy (non-hydrogen) atoms. The lowest BCUT2D eigenvalue weighted by Gasteiger charge is -2.07. The summed E-state index contributed by atoms with van der Waals surface area (Å²) >= 11 is 0. The Morgan fingerprint density at radius 2 is 1.80 bits per heavy atom. The molecule has 1 unspecified atom stereocenters. The van der Waals surface area contributed by atoms with E-state index in [1.54, 1.807) is 0 Å². The standard InChI is InChI=1S/C4H10O5S/c1-3(2-4(5)6)10(7,8)9/h3-6H,2H2,1H3,(H,7,8,9). The van der Waals surface area contributed by atoms with E-state index in [-0.39, 0.29) is 6.42 Å². The van der Waals surface area contributed by atoms with Crippen molar-refractivity contribution < 1.29 is 23.2 Å². The normalized spacial score (nSPS) is 15.7. The predicted molar refractivity (Wildman–Crippen MR) is 33.9 cm³/mol. The lowest BCUT2D eigenvalue weighted by Crippen LogP contribution is -2.22. The molecule has 5 nitrogen and oxygen atoms in total. The average Bonchev–Trinajstić information content (AvgIpc) is 1.60. The van der Waals surface area contributed by atoms with E-state index in [1.165, 1.54) is 6.92 Å². The number of rotatable bonds is 3. The molecule has 0 aliphatic rings. The van der Waals surface area contributed by atoms with Crippen LogP contribution in [0.4, 0.5) is 0 Å². The second-order valence-electron chi connectivity index (χ2n) is 2.04. The Kier molecular flexibility index (Phi) is 3.23. The summed E-state index contributed by atoms with van der Waals surface area (Å²) in [5.41, 5.74) is 0. The van der Waals surface area contributed by atoms with E-state index >= 15 is 0 Å². The highest BCUT2D eigenvalue weighted by molar-refractivity contribution is 7.86. The van der Waals surface area contributed by atoms with Gasteiger partial charge in [-0.1, -0.05) is 0 Å². The molecule has 6 heteroatoms. The molecule has 0 radical (unpaired) electrons. The van der Waals surface area contributed by atoms with Crippen molar-refractivity contribution in [2.45, 2.75) is 24.9 Å². The van der Waals surface area contributed by atoms with Crippen molar-refractivity contribution in [1.29, 1.82) is 0 Å². The molecular formula is C4H10O5S. The molecule has 0 saturated heterocycles. The third kappa shape index (κ3) is 3.78. The van der Waals surface area contributed by atoms with Crippen molar-refractivity contribution in [3.8, 4) is 0 Å². The fraction of sp³-hybridized carbons (Fsp3) is 1.00. The predicted octanol–water partition coefficient (Wildman–Crippen LogP) is -1.04. The molecule has 0 bridgehead atoms. The third-order valence-corrected chi connectivity index (χ3v) is 2.26. The Morgan fingerprint density at radius 1 is 1.40 bits per heavy atom. The Labute approximate surface area is 59.1 Å². The van der Waals surface area contributed by atoms with Gasteiger partial charge in [0.05, 0.1) is 5.25 Å². The van der Waals surface area contributed by atoms with Gasteiger partial charge in [-0.25, -0.2) is 0 Å². The molecule has 0 aliphatic heterocycles. The van der Waals surface area contributed by atoms with E-state index in [0.29, 0.717) is 0 Å². The first-order valence-corrected chi connectivity index (χ1v) is 4.17. The van der Waals surface area contributed by atoms with Crippen LogP contribution in [0.5, 0.6) is 0 Å². The SMILES string of the molecule is CC(CC(O)O)S(=O)(=O)O. The van der Waals surface area contributed by atoms with E-state index in [0.717, 1.165) is 0 Å². The van der Waals surface area contributed by atoms with Gasteiger partial charge >= 0.3 is 0 Å². The molecule has 62 valence electrons. The van der Waals surface area contributed by atoms with Crippen molar-refractivity contribution in [3.63, 3.8) is 0 Å². The van der Waals surface area contributed by atoms with Crippen molar-refractivity contribution in [2.75, 3.05) is 0 Å². The quantitative estimate of drug-likeness (QED) is 0.371. The van der Waals surface area contributed by atoms with E-state index in [9.17, 15) is 8.42 Å². The van der Waals surface area contributed by atoms with Crippen LogP contribution in [0.15, 0.2) is 0 Å². The van der Waals surface area contributed by atoms with Crippen LogP contribution in [0.2, 0.25) is 0 Å². The van der Waals surface area contributed by atoms with Crippen LogP contribution in [0.25, 0.3) is 0 Å². The van der Waals surface area contributed by atoms with Gasteiger partial charge in [0.15, 0.2) is 6.29 Å². The summed E-state index contributed by atoms with van der Waals surface area (Å²) in [5, 5.41) is 15.4. The van der Waals surface area contributed by atoms with Gasteiger partial charge in [-0.3, -0.25) is 4.55 Å². The van der Waals surface area contributed by atoms with Gasteiger partial charge in [-0.15, -0.1) is 0 Å². The third-order valence-electron chi connectivity index (χ3n) is 1.05. The highest BCUT2D eigenvalue weighted by Crippen LogP contribution is 2.04. The first-order chi connectivity index (χ1) is 4.34. The minimum atomic E-state index is -4.12. The fourth-order valence-electron chi connectivity index (χ4n) is 0.418. The second kappa shape index (κ2) is 3.29. The van der Waals surface area contributed by atoms with Gasteiger partial charge in [-0.2, -0.15) is 8.42 Å². The van der Waals surface area contributed by atoms with Gasteiger partial charge in [0.25, 0.3) is 10.1 Å². The number of hydrogen-bond donors (Lipinski definition) is 3. The highest BCUT2D eigenvalue weighted by atomic mass is 32.2. The van der Waals surface area contributed by atoms with Gasteiger partial charge < -0.3 is 10.2 Å². The molecule has 0 aromatic rings. The maximum Gasteiger partial charge on any atom is 0.267 e. The Balaban J connectivity index is 3.99. The molecule has 0 rings (SSSR count). The van der Waals surface area contributed by atoms with Crippen LogP contribution in [-0.4, -0.2) is 34.7 Å². The zero-order valence-electron chi connectivity index (χ0n) is 5.43. The molecule has 0 amide bonds. The smallest absolute Gasteiger partial charge is 0.267 e. The maximum atomic E-state index is 10.2. The lowest BCUT2D eigenvalue weighted by atomic mass is 10.3. The van der Waals surface area contributed by atoms with E-state index in [4.69, 9.17) is 14.8 Å². The van der Waals surface area contributed by atoms with Crippen molar-refractivity contribution in [2.24, 2.45) is 0 Å². The van der Waals surface area contributed by atoms with E-state index < -0.39 is 21.7 Å². The van der Waals surface area contributed by atoms with Crippen LogP contribution in [0.3, 0.4) is 0 Å². The van der Waals surface area contributed by atoms with Crippen molar-refractivity contribution in [1.82, 2.24) is 0 Å². The number of aliphatic hydroxyl groups is 2. The largest absolute Gasteiger partial charge is 0.368 e. The molecule has 0 saturated carbocycles. The molecular weight excluding hydrogens is 160 g/mol. The Hall–Kier alpha value is -0.170. The van der Waals surface area contributed by atoms with Gasteiger partial charge in [0.1, 0.15) is 0 Å². The van der Waals surface area contributed by atoms with Crippen LogP contribution in [0.1, 0.15) is 13.3 Å². The van der Waals surface area contributed by atoms with Crippen molar-refractivity contribution in [3.05, 3.63) is 0 Å². The average molecular weight is 170 g/mol. The van der Waals surface area contributed by atoms with Crippen LogP contribution in [0, 0.1) is 0 Å². The molecule has 0 aromatic heterocycles. The number of aliphatic hydroxyl groups excluding tert-OH is 1. The summed E-state index contributed by atoms with van der Waals surface area (Å²) < 4.78 is 28.7. The molecule has 1 atom stereocenters. The fourth-order valence-corrected chi connectivity index (χ4v) is 0.834. The molecule has 0 fully saturated rings. The van der Waals surface area contributed by atoms with Gasteiger partial charge in [-0.05, 0) is 6.92 Å². The summed E-state index contributed by atoms with van der Waals surface area (Å²) in [6.07, 6.45) is -2.07. The van der Waals surface area contributed by atoms with Crippen LogP contribution < -0.4 is 0 Å². The summed E-state index contributed by atoms with van der Waals surface area (Å²) in [7, 11) is -4.12. The molecule has 0 aromatic carbocycles. The first-order valence-electron chi connectivity index (χ1n) is 2.66. The zero-order chi connectivity index (χ0) is 8.36. The number of hydrogen-bond acceptors (Lipinski definition) is 4. The Bertz CT molecular complexity index is 182. The molecule has 0 spiro atoms. The maximum absolute atomic E-state index is 10.2. The van der Waals surface area contributed by atoms with Crippen molar-refractivity contribution >= 4 is 10.1 Å².